The maximum Gasteiger partial charge on any atom is 0.253 e. The van der Waals surface area contributed by atoms with E-state index >= 15 is 0 Å². The van der Waals surface area contributed by atoms with Crippen LogP contribution in [0.4, 0.5) is 5.69 Å². The Bertz CT molecular complexity index is 1070. The normalized spacial score (nSPS) is 14.7. The second-order valence-corrected chi connectivity index (χ2v) is 7.52. The highest BCUT2D eigenvalue weighted by molar-refractivity contribution is 5.98. The van der Waals surface area contributed by atoms with E-state index in [1.807, 2.05) is 42.3 Å². The Labute approximate surface area is 165 Å². The molecule has 0 fully saturated rings. The zero-order chi connectivity index (χ0) is 19.8. The fourth-order valence-corrected chi connectivity index (χ4v) is 4.02. The summed E-state index contributed by atoms with van der Waals surface area (Å²) in [5.41, 5.74) is 5.99. The van der Waals surface area contributed by atoms with E-state index < -0.39 is 0 Å². The van der Waals surface area contributed by atoms with Crippen LogP contribution in [0.1, 0.15) is 36.1 Å². The lowest BCUT2D eigenvalue weighted by atomic mass is 9.94. The second-order valence-electron chi connectivity index (χ2n) is 7.52. The molecule has 2 heterocycles. The summed E-state index contributed by atoms with van der Waals surface area (Å²) >= 11 is 0. The monoisotopic (exact) mass is 372 g/mol. The van der Waals surface area contributed by atoms with E-state index in [1.165, 1.54) is 5.56 Å². The third kappa shape index (κ3) is 3.15. The summed E-state index contributed by atoms with van der Waals surface area (Å²) in [6.07, 6.45) is 3.15. The standard InChI is InChI=1S/C24H24N2O2/c1-16-13-21(15-25(3)24(16)28)20-10-9-19-11-12-23(27)26(22(19)14-20)17(2)18-7-5-4-6-8-18/h4-10,13-15,17H,11-12H2,1-3H3. The molecule has 1 aliphatic heterocycles. The molecule has 3 aromatic rings. The maximum atomic E-state index is 12.9. The summed E-state index contributed by atoms with van der Waals surface area (Å²) in [6.45, 7) is 3.91. The lowest BCUT2D eigenvalue weighted by molar-refractivity contribution is -0.119. The molecule has 1 amide bonds. The number of hydrogen-bond donors (Lipinski definition) is 0. The van der Waals surface area contributed by atoms with Gasteiger partial charge in [0.1, 0.15) is 0 Å². The molecule has 0 radical (unpaired) electrons. The SMILES string of the molecule is Cc1cc(-c2ccc3c(c2)N(C(C)c2ccccc2)C(=O)CC3)cn(C)c1=O. The van der Waals surface area contributed by atoms with Crippen LogP contribution in [-0.4, -0.2) is 10.5 Å². The number of hydrogen-bond acceptors (Lipinski definition) is 2. The summed E-state index contributed by atoms with van der Waals surface area (Å²) in [6, 6.07) is 18.3. The Kier molecular flexibility index (Phi) is 4.63. The van der Waals surface area contributed by atoms with Gasteiger partial charge in [0.15, 0.2) is 0 Å². The van der Waals surface area contributed by atoms with Crippen molar-refractivity contribution in [3.63, 3.8) is 0 Å². The summed E-state index contributed by atoms with van der Waals surface area (Å²) in [5.74, 6) is 0.151. The van der Waals surface area contributed by atoms with Crippen LogP contribution < -0.4 is 10.5 Å². The van der Waals surface area contributed by atoms with Crippen LogP contribution in [0.25, 0.3) is 11.1 Å². The first-order chi connectivity index (χ1) is 13.5. The molecule has 0 bridgehead atoms. The van der Waals surface area contributed by atoms with Crippen molar-refractivity contribution in [1.82, 2.24) is 4.57 Å². The summed E-state index contributed by atoms with van der Waals surface area (Å²) < 4.78 is 1.61. The molecule has 4 heteroatoms. The van der Waals surface area contributed by atoms with Crippen molar-refractivity contribution in [2.24, 2.45) is 7.05 Å². The number of carbonyl (C=O) groups excluding carboxylic acids is 1. The maximum absolute atomic E-state index is 12.9. The van der Waals surface area contributed by atoms with Gasteiger partial charge in [0.2, 0.25) is 5.91 Å². The van der Waals surface area contributed by atoms with Gasteiger partial charge in [-0.1, -0.05) is 42.5 Å². The molecule has 0 spiro atoms. The van der Waals surface area contributed by atoms with Gasteiger partial charge >= 0.3 is 0 Å². The molecule has 4 rings (SSSR count). The van der Waals surface area contributed by atoms with E-state index in [0.717, 1.165) is 28.8 Å². The van der Waals surface area contributed by atoms with Gasteiger partial charge in [-0.3, -0.25) is 9.59 Å². The molecule has 1 aliphatic rings. The predicted molar refractivity (Wildman–Crippen MR) is 113 cm³/mol. The largest absolute Gasteiger partial charge is 0.318 e. The number of fused-ring (bicyclic) bond motifs is 1. The van der Waals surface area contributed by atoms with E-state index in [4.69, 9.17) is 0 Å². The zero-order valence-electron chi connectivity index (χ0n) is 16.5. The molecular weight excluding hydrogens is 348 g/mol. The number of aryl methyl sites for hydroxylation is 3. The topological polar surface area (TPSA) is 42.3 Å². The highest BCUT2D eigenvalue weighted by atomic mass is 16.2. The molecule has 142 valence electrons. The molecule has 1 unspecified atom stereocenters. The van der Waals surface area contributed by atoms with Crippen LogP contribution in [0.15, 0.2) is 65.6 Å². The lowest BCUT2D eigenvalue weighted by Crippen LogP contribution is -2.37. The van der Waals surface area contributed by atoms with Gasteiger partial charge in [-0.2, -0.15) is 0 Å². The Balaban J connectivity index is 1.81. The predicted octanol–water partition coefficient (Wildman–Crippen LogP) is 4.40. The third-order valence-electron chi connectivity index (χ3n) is 5.59. The average Bonchev–Trinajstić information content (AvgIpc) is 2.71. The minimum Gasteiger partial charge on any atom is -0.318 e. The Morgan fingerprint density at radius 1 is 0.929 bits per heavy atom. The average molecular weight is 372 g/mol. The number of pyridine rings is 1. The van der Waals surface area contributed by atoms with E-state index in [-0.39, 0.29) is 17.5 Å². The third-order valence-corrected chi connectivity index (χ3v) is 5.59. The smallest absolute Gasteiger partial charge is 0.253 e. The fraction of sp³-hybridized carbons (Fsp3) is 0.250. The molecule has 1 aromatic heterocycles. The molecule has 0 aliphatic carbocycles. The molecule has 2 aromatic carbocycles. The van der Waals surface area contributed by atoms with E-state index in [1.54, 1.807) is 11.6 Å². The second kappa shape index (κ2) is 7.12. The summed E-state index contributed by atoms with van der Waals surface area (Å²) in [4.78, 5) is 26.8. The van der Waals surface area contributed by atoms with E-state index in [0.29, 0.717) is 12.0 Å². The number of anilines is 1. The van der Waals surface area contributed by atoms with Crippen LogP contribution in [0.5, 0.6) is 0 Å². The van der Waals surface area contributed by atoms with Crippen LogP contribution in [0.3, 0.4) is 0 Å². The van der Waals surface area contributed by atoms with Crippen molar-refractivity contribution >= 4 is 11.6 Å². The van der Waals surface area contributed by atoms with Gasteiger partial charge in [-0.25, -0.2) is 0 Å². The minimum atomic E-state index is -0.0372. The number of benzene rings is 2. The van der Waals surface area contributed by atoms with Crippen molar-refractivity contribution in [2.45, 2.75) is 32.7 Å². The highest BCUT2D eigenvalue weighted by Crippen LogP contribution is 2.37. The van der Waals surface area contributed by atoms with Crippen molar-refractivity contribution in [2.75, 3.05) is 4.90 Å². The van der Waals surface area contributed by atoms with Gasteiger partial charge in [0.25, 0.3) is 5.56 Å². The van der Waals surface area contributed by atoms with Crippen molar-refractivity contribution in [3.8, 4) is 11.1 Å². The highest BCUT2D eigenvalue weighted by Gasteiger charge is 2.29. The number of aromatic nitrogens is 1. The fourth-order valence-electron chi connectivity index (χ4n) is 4.02. The first kappa shape index (κ1) is 18.2. The quantitative estimate of drug-likeness (QED) is 0.684. The van der Waals surface area contributed by atoms with E-state index in [2.05, 4.69) is 37.3 Å². The Morgan fingerprint density at radius 2 is 1.68 bits per heavy atom. The molecule has 1 atom stereocenters. The zero-order valence-corrected chi connectivity index (χ0v) is 16.5. The first-order valence-electron chi connectivity index (χ1n) is 9.63. The number of nitrogens with zero attached hydrogens (tertiary/aromatic N) is 2. The molecular formula is C24H24N2O2. The van der Waals surface area contributed by atoms with Crippen molar-refractivity contribution in [3.05, 3.63) is 87.8 Å². The van der Waals surface area contributed by atoms with Crippen molar-refractivity contribution in [1.29, 1.82) is 0 Å². The van der Waals surface area contributed by atoms with Crippen molar-refractivity contribution < 1.29 is 4.79 Å². The molecule has 28 heavy (non-hydrogen) atoms. The van der Waals surface area contributed by atoms with E-state index in [9.17, 15) is 9.59 Å². The van der Waals surface area contributed by atoms with Gasteiger partial charge < -0.3 is 9.47 Å². The van der Waals surface area contributed by atoms with Gasteiger partial charge in [-0.15, -0.1) is 0 Å². The molecule has 0 N–H and O–H groups in total. The van der Waals surface area contributed by atoms with Crippen LogP contribution >= 0.6 is 0 Å². The Morgan fingerprint density at radius 3 is 2.39 bits per heavy atom. The number of carbonyl (C=O) groups is 1. The van der Waals surface area contributed by atoms with Gasteiger partial charge in [-0.05, 0) is 54.7 Å². The summed E-state index contributed by atoms with van der Waals surface area (Å²) in [7, 11) is 1.77. The van der Waals surface area contributed by atoms with Crippen LogP contribution in [0.2, 0.25) is 0 Å². The van der Waals surface area contributed by atoms with Crippen LogP contribution in [-0.2, 0) is 18.3 Å². The summed E-state index contributed by atoms with van der Waals surface area (Å²) in [5, 5.41) is 0. The lowest BCUT2D eigenvalue weighted by Gasteiger charge is -2.35. The van der Waals surface area contributed by atoms with Gasteiger partial charge in [0, 0.05) is 30.9 Å². The molecule has 0 saturated carbocycles. The molecule has 0 saturated heterocycles. The number of rotatable bonds is 3. The molecule has 4 nitrogen and oxygen atoms in total. The minimum absolute atomic E-state index is 0.0104. The van der Waals surface area contributed by atoms with Crippen LogP contribution in [0, 0.1) is 6.92 Å². The number of amides is 1. The van der Waals surface area contributed by atoms with Gasteiger partial charge in [0.05, 0.1) is 6.04 Å². The Hall–Kier alpha value is -3.14. The first-order valence-corrected chi connectivity index (χ1v) is 9.63.